The van der Waals surface area contributed by atoms with Crippen molar-refractivity contribution in [1.82, 2.24) is 15.0 Å². The molecule has 0 radical (unpaired) electrons. The van der Waals surface area contributed by atoms with Crippen molar-refractivity contribution in [3.8, 4) is 0 Å². The first kappa shape index (κ1) is 20.1. The first-order valence-electron chi connectivity index (χ1n) is 10.7. The fraction of sp³-hybridized carbons (Fsp3) is 0.565. The highest BCUT2D eigenvalue weighted by atomic mass is 16.5. The third kappa shape index (κ3) is 4.87. The summed E-state index contributed by atoms with van der Waals surface area (Å²) in [7, 11) is 0. The summed E-state index contributed by atoms with van der Waals surface area (Å²) in [6.45, 7) is 9.93. The summed E-state index contributed by atoms with van der Waals surface area (Å²) in [4.78, 5) is 16.8. The number of likely N-dealkylation sites (tertiary alicyclic amines) is 1. The van der Waals surface area contributed by atoms with Crippen molar-refractivity contribution in [3.63, 3.8) is 0 Å². The molecule has 6 nitrogen and oxygen atoms in total. The molecule has 2 aliphatic rings. The van der Waals surface area contributed by atoms with E-state index >= 15 is 0 Å². The second-order valence-corrected chi connectivity index (χ2v) is 8.47. The van der Waals surface area contributed by atoms with Gasteiger partial charge in [-0.25, -0.2) is 0 Å². The molecule has 0 bridgehead atoms. The monoisotopic (exact) mass is 397 g/mol. The number of amides is 1. The lowest BCUT2D eigenvalue weighted by molar-refractivity contribution is 0.0277. The maximum absolute atomic E-state index is 12.5. The van der Waals surface area contributed by atoms with Crippen LogP contribution in [0.4, 0.5) is 0 Å². The van der Waals surface area contributed by atoms with Crippen molar-refractivity contribution in [2.24, 2.45) is 0 Å². The van der Waals surface area contributed by atoms with Crippen molar-refractivity contribution in [3.05, 3.63) is 52.9 Å². The standard InChI is InChI=1S/C23H31N3O3/c1-17(2)19-5-3-18(4-6-19)16-25-9-7-20(8-10-25)21-15-22(29-24-21)23(27)26-11-13-28-14-12-26/h3-6,15,17,20H,7-14,16H2,1-2H3. The van der Waals surface area contributed by atoms with Gasteiger partial charge < -0.3 is 14.2 Å². The fourth-order valence-corrected chi connectivity index (χ4v) is 4.16. The summed E-state index contributed by atoms with van der Waals surface area (Å²) in [6, 6.07) is 10.8. The minimum atomic E-state index is -0.0747. The van der Waals surface area contributed by atoms with Gasteiger partial charge in [-0.1, -0.05) is 43.3 Å². The molecule has 0 N–H and O–H groups in total. The van der Waals surface area contributed by atoms with Crippen LogP contribution in [0.2, 0.25) is 0 Å². The molecule has 156 valence electrons. The number of ether oxygens (including phenoxy) is 1. The Bertz CT molecular complexity index is 801. The largest absolute Gasteiger partial charge is 0.378 e. The molecule has 2 aromatic rings. The zero-order valence-corrected chi connectivity index (χ0v) is 17.5. The van der Waals surface area contributed by atoms with Crippen LogP contribution in [0.15, 0.2) is 34.9 Å². The summed E-state index contributed by atoms with van der Waals surface area (Å²) in [5, 5.41) is 4.22. The lowest BCUT2D eigenvalue weighted by Crippen LogP contribution is -2.40. The fourth-order valence-electron chi connectivity index (χ4n) is 4.16. The van der Waals surface area contributed by atoms with Gasteiger partial charge in [0.2, 0.25) is 5.76 Å². The molecule has 0 unspecified atom stereocenters. The first-order chi connectivity index (χ1) is 14.1. The molecule has 1 amide bonds. The molecule has 29 heavy (non-hydrogen) atoms. The molecule has 4 rings (SSSR count). The maximum atomic E-state index is 12.5. The Labute approximate surface area is 172 Å². The van der Waals surface area contributed by atoms with Gasteiger partial charge in [-0.15, -0.1) is 0 Å². The molecule has 3 heterocycles. The van der Waals surface area contributed by atoms with E-state index in [1.54, 1.807) is 4.90 Å². The number of hydrogen-bond acceptors (Lipinski definition) is 5. The summed E-state index contributed by atoms with van der Waals surface area (Å²) in [5.41, 5.74) is 3.68. The Morgan fingerprint density at radius 2 is 1.79 bits per heavy atom. The Morgan fingerprint density at radius 3 is 2.45 bits per heavy atom. The number of morpholine rings is 1. The highest BCUT2D eigenvalue weighted by Crippen LogP contribution is 2.29. The molecule has 0 spiro atoms. The number of carbonyl (C=O) groups excluding carboxylic acids is 1. The number of hydrogen-bond donors (Lipinski definition) is 0. The van der Waals surface area contributed by atoms with E-state index < -0.39 is 0 Å². The summed E-state index contributed by atoms with van der Waals surface area (Å²) < 4.78 is 10.7. The number of carbonyl (C=O) groups is 1. The predicted octanol–water partition coefficient (Wildman–Crippen LogP) is 3.65. The van der Waals surface area contributed by atoms with Gasteiger partial charge in [-0.05, 0) is 43.0 Å². The lowest BCUT2D eigenvalue weighted by atomic mass is 9.93. The average molecular weight is 398 g/mol. The van der Waals surface area contributed by atoms with E-state index in [9.17, 15) is 4.79 Å². The molecule has 2 aliphatic heterocycles. The molecule has 6 heteroatoms. The third-order valence-corrected chi connectivity index (χ3v) is 6.10. The molecule has 0 saturated carbocycles. The van der Waals surface area contributed by atoms with Gasteiger partial charge in [0.15, 0.2) is 0 Å². The minimum Gasteiger partial charge on any atom is -0.378 e. The van der Waals surface area contributed by atoms with E-state index in [-0.39, 0.29) is 5.91 Å². The van der Waals surface area contributed by atoms with Crippen LogP contribution in [0.1, 0.15) is 65.9 Å². The SMILES string of the molecule is CC(C)c1ccc(CN2CCC(c3cc(C(=O)N4CCOCC4)on3)CC2)cc1. The topological polar surface area (TPSA) is 58.8 Å². The second kappa shape index (κ2) is 9.09. The summed E-state index contributed by atoms with van der Waals surface area (Å²) in [5.74, 6) is 1.22. The molecule has 2 saturated heterocycles. The van der Waals surface area contributed by atoms with E-state index in [2.05, 4.69) is 48.2 Å². The van der Waals surface area contributed by atoms with Gasteiger partial charge in [0.25, 0.3) is 5.91 Å². The van der Waals surface area contributed by atoms with Gasteiger partial charge in [-0.2, -0.15) is 0 Å². The van der Waals surface area contributed by atoms with Crippen molar-refractivity contribution in [2.45, 2.75) is 45.1 Å². The third-order valence-electron chi connectivity index (χ3n) is 6.10. The van der Waals surface area contributed by atoms with Gasteiger partial charge >= 0.3 is 0 Å². The molecule has 1 aromatic carbocycles. The van der Waals surface area contributed by atoms with Gasteiger partial charge in [0.05, 0.1) is 18.9 Å². The average Bonchev–Trinajstić information content (AvgIpc) is 3.25. The van der Waals surface area contributed by atoms with Crippen LogP contribution in [0.25, 0.3) is 0 Å². The highest BCUT2D eigenvalue weighted by molar-refractivity contribution is 5.91. The minimum absolute atomic E-state index is 0.0747. The highest BCUT2D eigenvalue weighted by Gasteiger charge is 2.27. The Kier molecular flexibility index (Phi) is 6.31. The van der Waals surface area contributed by atoms with Gasteiger partial charge in [0.1, 0.15) is 0 Å². The van der Waals surface area contributed by atoms with Gasteiger partial charge in [0, 0.05) is 31.6 Å². The van der Waals surface area contributed by atoms with Crippen molar-refractivity contribution in [1.29, 1.82) is 0 Å². The van der Waals surface area contributed by atoms with Crippen LogP contribution in [0, 0.1) is 0 Å². The quantitative estimate of drug-likeness (QED) is 0.771. The normalized spacial score (nSPS) is 19.1. The lowest BCUT2D eigenvalue weighted by Gasteiger charge is -2.31. The van der Waals surface area contributed by atoms with Crippen LogP contribution in [0.5, 0.6) is 0 Å². The van der Waals surface area contributed by atoms with Crippen LogP contribution in [0.3, 0.4) is 0 Å². The number of aromatic nitrogens is 1. The number of rotatable bonds is 5. The molecule has 2 fully saturated rings. The molecule has 0 atom stereocenters. The van der Waals surface area contributed by atoms with Crippen LogP contribution >= 0.6 is 0 Å². The summed E-state index contributed by atoms with van der Waals surface area (Å²) in [6.07, 6.45) is 2.09. The van der Waals surface area contributed by atoms with E-state index in [0.29, 0.717) is 43.9 Å². The zero-order valence-electron chi connectivity index (χ0n) is 17.5. The summed E-state index contributed by atoms with van der Waals surface area (Å²) >= 11 is 0. The van der Waals surface area contributed by atoms with Crippen molar-refractivity contribution >= 4 is 5.91 Å². The van der Waals surface area contributed by atoms with Crippen LogP contribution < -0.4 is 0 Å². The Morgan fingerprint density at radius 1 is 1.10 bits per heavy atom. The van der Waals surface area contributed by atoms with E-state index in [1.807, 2.05) is 6.07 Å². The smallest absolute Gasteiger partial charge is 0.292 e. The molecule has 1 aromatic heterocycles. The predicted molar refractivity (Wildman–Crippen MR) is 111 cm³/mol. The maximum Gasteiger partial charge on any atom is 0.292 e. The van der Waals surface area contributed by atoms with Crippen LogP contribution in [-0.2, 0) is 11.3 Å². The van der Waals surface area contributed by atoms with Gasteiger partial charge in [-0.3, -0.25) is 9.69 Å². The number of benzene rings is 1. The van der Waals surface area contributed by atoms with E-state index in [4.69, 9.17) is 9.26 Å². The van der Waals surface area contributed by atoms with Crippen molar-refractivity contribution < 1.29 is 14.1 Å². The number of nitrogens with zero attached hydrogens (tertiary/aromatic N) is 3. The Hall–Kier alpha value is -2.18. The Balaban J connectivity index is 1.29. The molecular weight excluding hydrogens is 366 g/mol. The first-order valence-corrected chi connectivity index (χ1v) is 10.7. The van der Waals surface area contributed by atoms with E-state index in [1.165, 1.54) is 11.1 Å². The van der Waals surface area contributed by atoms with E-state index in [0.717, 1.165) is 38.2 Å². The zero-order chi connectivity index (χ0) is 20.2. The molecular formula is C23H31N3O3. The molecule has 0 aliphatic carbocycles. The second-order valence-electron chi connectivity index (χ2n) is 8.47. The van der Waals surface area contributed by atoms with Crippen molar-refractivity contribution in [2.75, 3.05) is 39.4 Å². The van der Waals surface area contributed by atoms with Crippen LogP contribution in [-0.4, -0.2) is 60.3 Å². The number of piperidine rings is 1.